The van der Waals surface area contributed by atoms with E-state index >= 15 is 0 Å². The summed E-state index contributed by atoms with van der Waals surface area (Å²) in [7, 11) is 0. The zero-order chi connectivity index (χ0) is 20.2. The van der Waals surface area contributed by atoms with Gasteiger partial charge in [-0.05, 0) is 25.2 Å². The molecule has 9 nitrogen and oxygen atoms in total. The number of amides is 1. The zero-order valence-corrected chi connectivity index (χ0v) is 16.0. The molecule has 0 aromatic heterocycles. The van der Waals surface area contributed by atoms with Crippen LogP contribution in [0, 0.1) is 11.8 Å². The number of carbonyl (C=O) groups excluding carboxylic acids is 1. The molecule has 0 bridgehead atoms. The summed E-state index contributed by atoms with van der Waals surface area (Å²) >= 11 is 0. The lowest BCUT2D eigenvalue weighted by molar-refractivity contribution is -0.144. The van der Waals surface area contributed by atoms with Crippen LogP contribution in [0.2, 0.25) is 0 Å². The van der Waals surface area contributed by atoms with Crippen LogP contribution in [0.3, 0.4) is 0 Å². The minimum Gasteiger partial charge on any atom is -0.480 e. The predicted octanol–water partition coefficient (Wildman–Crippen LogP) is -0.955. The molecule has 1 rings (SSSR count). The maximum absolute atomic E-state index is 12.7. The second-order valence-corrected chi connectivity index (χ2v) is 7.78. The molecule has 26 heavy (non-hydrogen) atoms. The first-order chi connectivity index (χ1) is 11.9. The number of nitrogens with one attached hydrogen (secondary N) is 2. The lowest BCUT2D eigenvalue weighted by Crippen LogP contribution is -2.62. The van der Waals surface area contributed by atoms with Crippen molar-refractivity contribution in [2.45, 2.75) is 77.2 Å². The Labute approximate surface area is 153 Å². The molecule has 6 N–H and O–H groups in total. The van der Waals surface area contributed by atoms with Crippen LogP contribution in [-0.2, 0) is 14.3 Å². The first-order valence-corrected chi connectivity index (χ1v) is 8.88. The summed E-state index contributed by atoms with van der Waals surface area (Å²) in [5.74, 6) is -1.82. The molecule has 0 aromatic rings. The van der Waals surface area contributed by atoms with E-state index in [4.69, 9.17) is 4.74 Å². The SMILES string of the molecule is CC(C)C[C@H](NC(=O)[C@@H](NC1(C)O[C@H](CO)[C@@H](O)[C@@H]1O)C(C)C)C(=O)O. The monoisotopic (exact) mass is 376 g/mol. The fraction of sp³-hybridized carbons (Fsp3) is 0.882. The van der Waals surface area contributed by atoms with Gasteiger partial charge in [0.25, 0.3) is 0 Å². The minimum absolute atomic E-state index is 0.0832. The highest BCUT2D eigenvalue weighted by Gasteiger charge is 2.52. The first-order valence-electron chi connectivity index (χ1n) is 8.88. The second-order valence-electron chi connectivity index (χ2n) is 7.78. The zero-order valence-electron chi connectivity index (χ0n) is 16.0. The maximum atomic E-state index is 12.7. The van der Waals surface area contributed by atoms with Crippen LogP contribution in [0.25, 0.3) is 0 Å². The Balaban J connectivity index is 2.91. The van der Waals surface area contributed by atoms with Crippen molar-refractivity contribution in [3.05, 3.63) is 0 Å². The van der Waals surface area contributed by atoms with Gasteiger partial charge in [0.1, 0.15) is 30.1 Å². The minimum atomic E-state index is -1.46. The highest BCUT2D eigenvalue weighted by Crippen LogP contribution is 2.30. The summed E-state index contributed by atoms with van der Waals surface area (Å²) in [4.78, 5) is 24.1. The predicted molar refractivity (Wildman–Crippen MR) is 93.2 cm³/mol. The van der Waals surface area contributed by atoms with Gasteiger partial charge < -0.3 is 30.5 Å². The third-order valence-electron chi connectivity index (χ3n) is 4.56. The van der Waals surface area contributed by atoms with E-state index in [-0.39, 0.29) is 18.3 Å². The van der Waals surface area contributed by atoms with Crippen molar-refractivity contribution in [1.29, 1.82) is 0 Å². The van der Waals surface area contributed by atoms with Crippen LogP contribution in [0.15, 0.2) is 0 Å². The van der Waals surface area contributed by atoms with Crippen molar-refractivity contribution in [1.82, 2.24) is 10.6 Å². The Bertz CT molecular complexity index is 500. The number of ether oxygens (including phenoxy) is 1. The smallest absolute Gasteiger partial charge is 0.326 e. The van der Waals surface area contributed by atoms with Crippen molar-refractivity contribution in [3.63, 3.8) is 0 Å². The molecule has 1 fully saturated rings. The van der Waals surface area contributed by atoms with Crippen LogP contribution in [-0.4, -0.2) is 75.0 Å². The molecule has 0 aromatic carbocycles. The average Bonchev–Trinajstić information content (AvgIpc) is 2.75. The van der Waals surface area contributed by atoms with Gasteiger partial charge in [-0.1, -0.05) is 27.7 Å². The number of aliphatic carboxylic acids is 1. The molecule has 1 aliphatic rings. The molecule has 1 aliphatic heterocycles. The van der Waals surface area contributed by atoms with Crippen LogP contribution < -0.4 is 10.6 Å². The average molecular weight is 376 g/mol. The molecule has 1 amide bonds. The van der Waals surface area contributed by atoms with Crippen LogP contribution in [0.1, 0.15) is 41.0 Å². The van der Waals surface area contributed by atoms with Crippen LogP contribution in [0.4, 0.5) is 0 Å². The summed E-state index contributed by atoms with van der Waals surface area (Å²) in [6.45, 7) is 8.24. The van der Waals surface area contributed by atoms with Gasteiger partial charge in [-0.15, -0.1) is 0 Å². The van der Waals surface area contributed by atoms with Crippen molar-refractivity contribution in [2.75, 3.05) is 6.61 Å². The summed E-state index contributed by atoms with van der Waals surface area (Å²) in [5.41, 5.74) is -1.46. The molecule has 6 atom stereocenters. The van der Waals surface area contributed by atoms with Crippen LogP contribution >= 0.6 is 0 Å². The molecule has 1 unspecified atom stereocenters. The topological polar surface area (TPSA) is 148 Å². The van der Waals surface area contributed by atoms with Crippen molar-refractivity contribution >= 4 is 11.9 Å². The largest absolute Gasteiger partial charge is 0.480 e. The molecule has 1 heterocycles. The van der Waals surface area contributed by atoms with Gasteiger partial charge in [0.05, 0.1) is 12.6 Å². The fourth-order valence-electron chi connectivity index (χ4n) is 3.05. The number of hydrogen-bond donors (Lipinski definition) is 6. The van der Waals surface area contributed by atoms with E-state index in [0.717, 1.165) is 0 Å². The number of aliphatic hydroxyl groups excluding tert-OH is 3. The van der Waals surface area contributed by atoms with Gasteiger partial charge >= 0.3 is 5.97 Å². The number of aliphatic hydroxyl groups is 3. The van der Waals surface area contributed by atoms with E-state index in [2.05, 4.69) is 10.6 Å². The summed E-state index contributed by atoms with van der Waals surface area (Å²) < 4.78 is 5.51. The number of carboxylic acid groups (broad SMARTS) is 1. The highest BCUT2D eigenvalue weighted by atomic mass is 16.6. The second kappa shape index (κ2) is 9.09. The van der Waals surface area contributed by atoms with Gasteiger partial charge in [0.2, 0.25) is 5.91 Å². The molecular formula is C17H32N2O7. The van der Waals surface area contributed by atoms with Gasteiger partial charge in [0, 0.05) is 0 Å². The highest BCUT2D eigenvalue weighted by molar-refractivity contribution is 5.87. The lowest BCUT2D eigenvalue weighted by Gasteiger charge is -2.35. The van der Waals surface area contributed by atoms with E-state index in [9.17, 15) is 30.0 Å². The van der Waals surface area contributed by atoms with Gasteiger partial charge in [-0.25, -0.2) is 4.79 Å². The van der Waals surface area contributed by atoms with E-state index < -0.39 is 54.6 Å². The summed E-state index contributed by atoms with van der Waals surface area (Å²) in [6, 6.07) is -1.89. The van der Waals surface area contributed by atoms with E-state index in [0.29, 0.717) is 0 Å². The molecule has 0 saturated carbocycles. The Morgan fingerprint density at radius 3 is 2.15 bits per heavy atom. The number of hydrogen-bond acceptors (Lipinski definition) is 7. The number of rotatable bonds is 9. The Kier molecular flexibility index (Phi) is 7.97. The summed E-state index contributed by atoms with van der Waals surface area (Å²) in [5, 5.41) is 44.1. The molecule has 1 saturated heterocycles. The number of carbonyl (C=O) groups is 2. The third-order valence-corrected chi connectivity index (χ3v) is 4.56. The van der Waals surface area contributed by atoms with Gasteiger partial charge in [-0.2, -0.15) is 0 Å². The van der Waals surface area contributed by atoms with Gasteiger partial charge in [-0.3, -0.25) is 10.1 Å². The van der Waals surface area contributed by atoms with Gasteiger partial charge in [0.15, 0.2) is 0 Å². The van der Waals surface area contributed by atoms with Crippen molar-refractivity contribution < 1.29 is 34.8 Å². The van der Waals surface area contributed by atoms with Crippen molar-refractivity contribution in [3.8, 4) is 0 Å². The molecule has 152 valence electrons. The molecule has 0 aliphatic carbocycles. The molecule has 0 radical (unpaired) electrons. The third kappa shape index (κ3) is 5.37. The molecule has 9 heteroatoms. The maximum Gasteiger partial charge on any atom is 0.326 e. The standard InChI is InChI=1S/C17H32N2O7/c1-8(2)6-10(16(24)25)18-15(23)12(9(3)4)19-17(5)14(22)13(21)11(7-20)26-17/h8-14,19-22H,6-7H2,1-5H3,(H,18,23)(H,24,25)/t10-,11+,12-,13+,14-,17?/m0/s1. The molecule has 0 spiro atoms. The Morgan fingerprint density at radius 2 is 1.77 bits per heavy atom. The quantitative estimate of drug-likeness (QED) is 0.302. The lowest BCUT2D eigenvalue weighted by atomic mass is 9.97. The fourth-order valence-corrected chi connectivity index (χ4v) is 3.05. The van der Waals surface area contributed by atoms with Crippen molar-refractivity contribution in [2.24, 2.45) is 11.8 Å². The number of carboxylic acids is 1. The van der Waals surface area contributed by atoms with E-state index in [1.165, 1.54) is 6.92 Å². The Morgan fingerprint density at radius 1 is 1.19 bits per heavy atom. The first kappa shape index (κ1) is 22.8. The van der Waals surface area contributed by atoms with Crippen LogP contribution in [0.5, 0.6) is 0 Å². The van der Waals surface area contributed by atoms with E-state index in [1.54, 1.807) is 13.8 Å². The molecular weight excluding hydrogens is 344 g/mol. The Hall–Kier alpha value is -1.26. The summed E-state index contributed by atoms with van der Waals surface area (Å²) in [6.07, 6.45) is -3.36. The normalized spacial score (nSPS) is 31.2. The van der Waals surface area contributed by atoms with E-state index in [1.807, 2.05) is 13.8 Å².